The van der Waals surface area contributed by atoms with Gasteiger partial charge in [0.2, 0.25) is 0 Å². The average molecular weight is 227 g/mol. The molecule has 1 aliphatic carbocycles. The molecular weight excluding hydrogens is 206 g/mol. The Bertz CT molecular complexity index is 265. The minimum Gasteiger partial charge on any atom is -0.468 e. The van der Waals surface area contributed by atoms with E-state index in [0.717, 1.165) is 32.4 Å². The van der Waals surface area contributed by atoms with Crippen molar-refractivity contribution in [1.29, 1.82) is 0 Å². The highest BCUT2D eigenvalue weighted by molar-refractivity contribution is 5.76. The predicted molar refractivity (Wildman–Crippen MR) is 59.9 cm³/mol. The number of carbonyl (C=O) groups is 1. The third-order valence-corrected chi connectivity index (χ3v) is 3.80. The van der Waals surface area contributed by atoms with Crippen molar-refractivity contribution < 1.29 is 14.6 Å². The summed E-state index contributed by atoms with van der Waals surface area (Å²) >= 11 is 0. The molecule has 1 saturated heterocycles. The van der Waals surface area contributed by atoms with Gasteiger partial charge in [0, 0.05) is 13.1 Å². The summed E-state index contributed by atoms with van der Waals surface area (Å²) < 4.78 is 4.89. The second-order valence-corrected chi connectivity index (χ2v) is 5.13. The minimum absolute atomic E-state index is 0.0695. The first-order valence-corrected chi connectivity index (χ1v) is 6.13. The normalized spacial score (nSPS) is 33.4. The fourth-order valence-corrected chi connectivity index (χ4v) is 2.59. The van der Waals surface area contributed by atoms with Crippen molar-refractivity contribution in [2.45, 2.75) is 38.3 Å². The second-order valence-electron chi connectivity index (χ2n) is 5.13. The summed E-state index contributed by atoms with van der Waals surface area (Å²) in [6.45, 7) is 3.65. The van der Waals surface area contributed by atoms with Crippen molar-refractivity contribution in [3.05, 3.63) is 0 Å². The number of aliphatic hydroxyl groups is 1. The molecule has 1 N–H and O–H groups in total. The van der Waals surface area contributed by atoms with Crippen molar-refractivity contribution in [2.24, 2.45) is 11.8 Å². The van der Waals surface area contributed by atoms with E-state index in [0.29, 0.717) is 5.92 Å². The van der Waals surface area contributed by atoms with Gasteiger partial charge in [-0.15, -0.1) is 0 Å². The number of hydrogen-bond donors (Lipinski definition) is 1. The number of likely N-dealkylation sites (tertiary alicyclic amines) is 1. The first-order chi connectivity index (χ1) is 7.63. The van der Waals surface area contributed by atoms with Crippen molar-refractivity contribution in [2.75, 3.05) is 20.2 Å². The van der Waals surface area contributed by atoms with Gasteiger partial charge in [-0.3, -0.25) is 9.69 Å². The minimum atomic E-state index is -0.214. The van der Waals surface area contributed by atoms with Gasteiger partial charge in [0.25, 0.3) is 0 Å². The maximum Gasteiger partial charge on any atom is 0.323 e. The Kier molecular flexibility index (Phi) is 3.50. The molecule has 0 radical (unpaired) electrons. The molecule has 1 saturated carbocycles. The molecule has 3 atom stereocenters. The Hall–Kier alpha value is -0.610. The van der Waals surface area contributed by atoms with Crippen LogP contribution in [0.2, 0.25) is 0 Å². The standard InChI is InChI=1S/C12H21NO3/c1-8-7-13(6-5-10(8)14)11(9-3-4-9)12(15)16-2/h8-11,14H,3-7H2,1-2H3. The van der Waals surface area contributed by atoms with Crippen molar-refractivity contribution in [3.63, 3.8) is 0 Å². The van der Waals surface area contributed by atoms with E-state index in [1.54, 1.807) is 0 Å². The highest BCUT2D eigenvalue weighted by atomic mass is 16.5. The van der Waals surface area contributed by atoms with Gasteiger partial charge in [0.1, 0.15) is 6.04 Å². The Morgan fingerprint density at radius 1 is 1.44 bits per heavy atom. The van der Waals surface area contributed by atoms with Crippen molar-refractivity contribution in [3.8, 4) is 0 Å². The molecule has 1 heterocycles. The van der Waals surface area contributed by atoms with Crippen LogP contribution < -0.4 is 0 Å². The molecule has 4 heteroatoms. The second kappa shape index (κ2) is 4.72. The molecule has 0 aromatic carbocycles. The molecule has 16 heavy (non-hydrogen) atoms. The van der Waals surface area contributed by atoms with E-state index in [-0.39, 0.29) is 24.0 Å². The zero-order chi connectivity index (χ0) is 11.7. The van der Waals surface area contributed by atoms with E-state index < -0.39 is 0 Å². The summed E-state index contributed by atoms with van der Waals surface area (Å²) in [5.41, 5.74) is 0. The molecule has 2 fully saturated rings. The van der Waals surface area contributed by atoms with E-state index in [1.165, 1.54) is 7.11 Å². The molecule has 92 valence electrons. The van der Waals surface area contributed by atoms with Crippen molar-refractivity contribution in [1.82, 2.24) is 4.90 Å². The Morgan fingerprint density at radius 3 is 2.62 bits per heavy atom. The smallest absolute Gasteiger partial charge is 0.323 e. The topological polar surface area (TPSA) is 49.8 Å². The number of ether oxygens (including phenoxy) is 1. The zero-order valence-corrected chi connectivity index (χ0v) is 10.1. The molecule has 4 nitrogen and oxygen atoms in total. The van der Waals surface area contributed by atoms with E-state index in [9.17, 15) is 9.90 Å². The quantitative estimate of drug-likeness (QED) is 0.719. The van der Waals surface area contributed by atoms with Crippen LogP contribution >= 0.6 is 0 Å². The lowest BCUT2D eigenvalue weighted by molar-refractivity contribution is -0.149. The van der Waals surface area contributed by atoms with Crippen LogP contribution in [0.4, 0.5) is 0 Å². The number of nitrogens with zero attached hydrogens (tertiary/aromatic N) is 1. The summed E-state index contributed by atoms with van der Waals surface area (Å²) in [5.74, 6) is 0.626. The average Bonchev–Trinajstić information content (AvgIpc) is 3.07. The predicted octanol–water partition coefficient (Wildman–Crippen LogP) is 0.641. The third-order valence-electron chi connectivity index (χ3n) is 3.80. The zero-order valence-electron chi connectivity index (χ0n) is 10.1. The van der Waals surface area contributed by atoms with Gasteiger partial charge in [-0.05, 0) is 31.1 Å². The summed E-state index contributed by atoms with van der Waals surface area (Å²) in [6.07, 6.45) is 2.82. The number of piperidine rings is 1. The monoisotopic (exact) mass is 227 g/mol. The lowest BCUT2D eigenvalue weighted by Crippen LogP contribution is -2.51. The van der Waals surface area contributed by atoms with Crippen LogP contribution in [0.15, 0.2) is 0 Å². The fraction of sp³-hybridized carbons (Fsp3) is 0.917. The Morgan fingerprint density at radius 2 is 2.12 bits per heavy atom. The van der Waals surface area contributed by atoms with E-state index >= 15 is 0 Å². The number of carbonyl (C=O) groups excluding carboxylic acids is 1. The van der Waals surface area contributed by atoms with Crippen LogP contribution in [0.25, 0.3) is 0 Å². The van der Waals surface area contributed by atoms with Crippen LogP contribution in [-0.2, 0) is 9.53 Å². The maximum absolute atomic E-state index is 11.8. The number of methoxy groups -OCH3 is 1. The van der Waals surface area contributed by atoms with Gasteiger partial charge in [-0.1, -0.05) is 6.92 Å². The molecule has 2 aliphatic rings. The lowest BCUT2D eigenvalue weighted by Gasteiger charge is -2.38. The summed E-state index contributed by atoms with van der Waals surface area (Å²) in [5, 5.41) is 9.68. The van der Waals surface area contributed by atoms with E-state index in [1.807, 2.05) is 6.92 Å². The van der Waals surface area contributed by atoms with Crippen LogP contribution in [0.1, 0.15) is 26.2 Å². The third kappa shape index (κ3) is 2.38. The van der Waals surface area contributed by atoms with E-state index in [2.05, 4.69) is 4.90 Å². The van der Waals surface area contributed by atoms with Crippen LogP contribution in [0.3, 0.4) is 0 Å². The molecule has 3 unspecified atom stereocenters. The molecular formula is C12H21NO3. The van der Waals surface area contributed by atoms with Crippen LogP contribution in [0, 0.1) is 11.8 Å². The first-order valence-electron chi connectivity index (χ1n) is 6.13. The van der Waals surface area contributed by atoms with Gasteiger partial charge in [0.05, 0.1) is 13.2 Å². The van der Waals surface area contributed by atoms with Crippen LogP contribution in [0.5, 0.6) is 0 Å². The molecule has 1 aliphatic heterocycles. The summed E-state index contributed by atoms with van der Waals surface area (Å²) in [7, 11) is 1.46. The first kappa shape index (κ1) is 11.9. The van der Waals surface area contributed by atoms with Crippen molar-refractivity contribution >= 4 is 5.97 Å². The lowest BCUT2D eigenvalue weighted by atomic mass is 9.94. The van der Waals surface area contributed by atoms with Gasteiger partial charge >= 0.3 is 5.97 Å². The number of esters is 1. The molecule has 0 aromatic rings. The van der Waals surface area contributed by atoms with Gasteiger partial charge in [0.15, 0.2) is 0 Å². The SMILES string of the molecule is COC(=O)C(C1CC1)N1CCC(O)C(C)C1. The fourth-order valence-electron chi connectivity index (χ4n) is 2.59. The van der Waals surface area contributed by atoms with Gasteiger partial charge < -0.3 is 9.84 Å². The Balaban J connectivity index is 2.00. The largest absolute Gasteiger partial charge is 0.468 e. The summed E-state index contributed by atoms with van der Waals surface area (Å²) in [4.78, 5) is 13.9. The van der Waals surface area contributed by atoms with Gasteiger partial charge in [-0.2, -0.15) is 0 Å². The maximum atomic E-state index is 11.8. The van der Waals surface area contributed by atoms with Crippen LogP contribution in [-0.4, -0.2) is 48.3 Å². The van der Waals surface area contributed by atoms with Gasteiger partial charge in [-0.25, -0.2) is 0 Å². The highest BCUT2D eigenvalue weighted by Gasteiger charge is 2.42. The molecule has 2 rings (SSSR count). The number of hydrogen-bond acceptors (Lipinski definition) is 4. The molecule has 0 aromatic heterocycles. The number of rotatable bonds is 3. The highest BCUT2D eigenvalue weighted by Crippen LogP contribution is 2.37. The number of aliphatic hydroxyl groups excluding tert-OH is 1. The molecule has 0 amide bonds. The Labute approximate surface area is 96.6 Å². The molecule has 0 spiro atoms. The van der Waals surface area contributed by atoms with E-state index in [4.69, 9.17) is 4.74 Å². The molecule has 0 bridgehead atoms. The summed E-state index contributed by atoms with van der Waals surface area (Å²) in [6, 6.07) is -0.0695.